The molecule has 3 atom stereocenters. The molecule has 0 spiro atoms. The van der Waals surface area contributed by atoms with Crippen LogP contribution in [0.15, 0.2) is 0 Å². The highest BCUT2D eigenvalue weighted by molar-refractivity contribution is 5.75. The number of carboxylic acid groups (broad SMARTS) is 2. The third-order valence-electron chi connectivity index (χ3n) is 4.69. The van der Waals surface area contributed by atoms with Gasteiger partial charge in [0.15, 0.2) is 5.82 Å². The fourth-order valence-corrected chi connectivity index (χ4v) is 3.53. The Kier molecular flexibility index (Phi) is 12.2. The molecule has 1 amide bonds. The standard InChI is InChI=1S/C14H25N7O.2C2H4O2/c22-14(16-5-4-13-18-20-21-19-13)3-1-2-12-11-6-10(8-17-12)7-15-9-11;2*1-2(3)4/h10-12,15,17H,1-9H2,(H,16,22)(H,18,19,20,21);2*1H3,(H,3,4)/t10-,11+,12-;;/m0../s1. The van der Waals surface area contributed by atoms with Crippen molar-refractivity contribution in [3.63, 3.8) is 0 Å². The molecule has 2 aliphatic rings. The largest absolute Gasteiger partial charge is 0.481 e. The molecule has 6 N–H and O–H groups in total. The predicted molar refractivity (Wildman–Crippen MR) is 108 cm³/mol. The lowest BCUT2D eigenvalue weighted by Gasteiger charge is -2.41. The molecule has 0 aliphatic carbocycles. The molecule has 2 aliphatic heterocycles. The molecular formula is C18H33N7O5. The third kappa shape index (κ3) is 12.1. The van der Waals surface area contributed by atoms with Gasteiger partial charge in [-0.3, -0.25) is 14.4 Å². The zero-order valence-corrected chi connectivity index (χ0v) is 17.6. The summed E-state index contributed by atoms with van der Waals surface area (Å²) in [6.07, 6.45) is 4.56. The van der Waals surface area contributed by atoms with Gasteiger partial charge in [-0.25, -0.2) is 0 Å². The minimum Gasteiger partial charge on any atom is -0.481 e. The Morgan fingerprint density at radius 2 is 1.83 bits per heavy atom. The molecule has 0 saturated carbocycles. The van der Waals surface area contributed by atoms with Crippen molar-refractivity contribution >= 4 is 17.8 Å². The minimum absolute atomic E-state index is 0.110. The number of hydrogen-bond donors (Lipinski definition) is 6. The first-order chi connectivity index (χ1) is 14.3. The van der Waals surface area contributed by atoms with Gasteiger partial charge in [0.05, 0.1) is 0 Å². The number of aromatic nitrogens is 4. The van der Waals surface area contributed by atoms with E-state index in [1.807, 2.05) is 0 Å². The molecule has 12 nitrogen and oxygen atoms in total. The van der Waals surface area contributed by atoms with Crippen LogP contribution >= 0.6 is 0 Å². The average Bonchev–Trinajstić information content (AvgIpc) is 3.16. The minimum atomic E-state index is -0.833. The van der Waals surface area contributed by atoms with Crippen LogP contribution in [0.3, 0.4) is 0 Å². The zero-order chi connectivity index (χ0) is 22.4. The summed E-state index contributed by atoms with van der Waals surface area (Å²) in [4.78, 5) is 29.8. The van der Waals surface area contributed by atoms with E-state index in [-0.39, 0.29) is 5.91 Å². The summed E-state index contributed by atoms with van der Waals surface area (Å²) in [5.74, 6) is 0.599. The van der Waals surface area contributed by atoms with Crippen LogP contribution in [0.5, 0.6) is 0 Å². The van der Waals surface area contributed by atoms with E-state index in [2.05, 4.69) is 36.6 Å². The molecule has 0 unspecified atom stereocenters. The number of aliphatic carboxylic acids is 2. The lowest BCUT2D eigenvalue weighted by molar-refractivity contribution is -0.135. The summed E-state index contributed by atoms with van der Waals surface area (Å²) >= 11 is 0. The van der Waals surface area contributed by atoms with E-state index >= 15 is 0 Å². The molecule has 0 radical (unpaired) electrons. The predicted octanol–water partition coefficient (Wildman–Crippen LogP) is -0.592. The van der Waals surface area contributed by atoms with Crippen LogP contribution in [0.25, 0.3) is 0 Å². The van der Waals surface area contributed by atoms with Crippen molar-refractivity contribution in [2.45, 2.75) is 52.0 Å². The first kappa shape index (κ1) is 25.4. The normalized spacial score (nSPS) is 21.9. The maximum atomic E-state index is 11.8. The zero-order valence-electron chi connectivity index (χ0n) is 17.6. The van der Waals surface area contributed by atoms with Gasteiger partial charge in [0.1, 0.15) is 0 Å². The Morgan fingerprint density at radius 3 is 2.47 bits per heavy atom. The van der Waals surface area contributed by atoms with Gasteiger partial charge in [-0.05, 0) is 50.7 Å². The number of carbonyl (C=O) groups excluding carboxylic acids is 1. The van der Waals surface area contributed by atoms with E-state index in [1.54, 1.807) is 0 Å². The third-order valence-corrected chi connectivity index (χ3v) is 4.69. The van der Waals surface area contributed by atoms with Crippen molar-refractivity contribution in [1.29, 1.82) is 0 Å². The van der Waals surface area contributed by atoms with Crippen LogP contribution < -0.4 is 16.0 Å². The van der Waals surface area contributed by atoms with Crippen molar-refractivity contribution in [2.75, 3.05) is 26.2 Å². The summed E-state index contributed by atoms with van der Waals surface area (Å²) in [6, 6.07) is 0.566. The topological polar surface area (TPSA) is 182 Å². The molecule has 170 valence electrons. The SMILES string of the molecule is CC(=O)O.CC(=O)O.O=C(CCC[C@@H]1NC[C@@H]2CNC[C@H]1C2)NCCc1nn[nH]n1. The average molecular weight is 428 g/mol. The number of nitrogens with zero attached hydrogens (tertiary/aromatic N) is 3. The number of nitrogens with one attached hydrogen (secondary N) is 4. The number of carbonyl (C=O) groups is 3. The van der Waals surface area contributed by atoms with Gasteiger partial charge in [0.2, 0.25) is 5.91 Å². The Morgan fingerprint density at radius 1 is 1.13 bits per heavy atom. The summed E-state index contributed by atoms with van der Waals surface area (Å²) in [7, 11) is 0. The van der Waals surface area contributed by atoms with Crippen LogP contribution in [-0.2, 0) is 20.8 Å². The fraction of sp³-hybridized carbons (Fsp3) is 0.778. The molecule has 0 aromatic carbocycles. The van der Waals surface area contributed by atoms with Crippen LogP contribution in [0.4, 0.5) is 0 Å². The monoisotopic (exact) mass is 427 g/mol. The second-order valence-electron chi connectivity index (χ2n) is 7.39. The van der Waals surface area contributed by atoms with Gasteiger partial charge in [0, 0.05) is 39.3 Å². The number of aromatic amines is 1. The van der Waals surface area contributed by atoms with Crippen molar-refractivity contribution < 1.29 is 24.6 Å². The van der Waals surface area contributed by atoms with Crippen molar-refractivity contribution in [3.05, 3.63) is 5.82 Å². The lowest BCUT2D eigenvalue weighted by Crippen LogP contribution is -2.54. The summed E-state index contributed by atoms with van der Waals surface area (Å²) in [5.41, 5.74) is 0. The number of carboxylic acids is 2. The van der Waals surface area contributed by atoms with Gasteiger partial charge in [-0.15, -0.1) is 10.2 Å². The van der Waals surface area contributed by atoms with Crippen LogP contribution in [0, 0.1) is 11.8 Å². The quantitative estimate of drug-likeness (QED) is 0.329. The second kappa shape index (κ2) is 14.4. The summed E-state index contributed by atoms with van der Waals surface area (Å²) in [5, 5.41) is 38.5. The van der Waals surface area contributed by atoms with E-state index in [0.29, 0.717) is 31.3 Å². The molecule has 1 aromatic rings. The number of piperidine rings is 2. The van der Waals surface area contributed by atoms with Gasteiger partial charge in [0.25, 0.3) is 11.9 Å². The van der Waals surface area contributed by atoms with Gasteiger partial charge >= 0.3 is 0 Å². The van der Waals surface area contributed by atoms with Crippen LogP contribution in [-0.4, -0.2) is 80.9 Å². The highest BCUT2D eigenvalue weighted by Gasteiger charge is 2.32. The molecule has 12 heteroatoms. The smallest absolute Gasteiger partial charge is 0.300 e. The molecule has 2 saturated heterocycles. The van der Waals surface area contributed by atoms with Gasteiger partial charge in [-0.1, -0.05) is 5.21 Å². The lowest BCUT2D eigenvalue weighted by atomic mass is 9.80. The van der Waals surface area contributed by atoms with Gasteiger partial charge in [-0.2, -0.15) is 5.21 Å². The van der Waals surface area contributed by atoms with Gasteiger partial charge < -0.3 is 26.2 Å². The Labute approximate surface area is 175 Å². The first-order valence-corrected chi connectivity index (χ1v) is 10.1. The van der Waals surface area contributed by atoms with E-state index in [0.717, 1.165) is 58.2 Å². The number of hydrogen-bond acceptors (Lipinski definition) is 8. The summed E-state index contributed by atoms with van der Waals surface area (Å²) < 4.78 is 0. The van der Waals surface area contributed by atoms with Crippen LogP contribution in [0.1, 0.15) is 45.4 Å². The number of fused-ring (bicyclic) bond motifs is 2. The molecule has 3 rings (SSSR count). The maximum absolute atomic E-state index is 11.8. The van der Waals surface area contributed by atoms with E-state index in [4.69, 9.17) is 19.8 Å². The molecule has 2 fully saturated rings. The Bertz CT molecular complexity index is 621. The maximum Gasteiger partial charge on any atom is 0.300 e. The first-order valence-electron chi connectivity index (χ1n) is 10.1. The highest BCUT2D eigenvalue weighted by atomic mass is 16.4. The molecule has 1 aromatic heterocycles. The number of rotatable bonds is 7. The molecule has 3 heterocycles. The van der Waals surface area contributed by atoms with E-state index < -0.39 is 11.9 Å². The Hall–Kier alpha value is -2.60. The van der Waals surface area contributed by atoms with Crippen LogP contribution in [0.2, 0.25) is 0 Å². The summed E-state index contributed by atoms with van der Waals surface area (Å²) in [6.45, 7) is 6.11. The molecule has 30 heavy (non-hydrogen) atoms. The fourth-order valence-electron chi connectivity index (χ4n) is 3.53. The van der Waals surface area contributed by atoms with E-state index in [1.165, 1.54) is 6.42 Å². The molecule has 2 bridgehead atoms. The number of amides is 1. The highest BCUT2D eigenvalue weighted by Crippen LogP contribution is 2.26. The number of tetrazole rings is 1. The number of H-pyrrole nitrogens is 1. The van der Waals surface area contributed by atoms with Crippen molar-refractivity contribution in [2.24, 2.45) is 11.8 Å². The van der Waals surface area contributed by atoms with E-state index in [9.17, 15) is 4.79 Å². The molecular weight excluding hydrogens is 394 g/mol. The van der Waals surface area contributed by atoms with Crippen molar-refractivity contribution in [1.82, 2.24) is 36.6 Å². The van der Waals surface area contributed by atoms with Crippen molar-refractivity contribution in [3.8, 4) is 0 Å². The second-order valence-corrected chi connectivity index (χ2v) is 7.39. The Balaban J connectivity index is 0.000000485.